The predicted octanol–water partition coefficient (Wildman–Crippen LogP) is 1.37. The first-order valence-corrected chi connectivity index (χ1v) is 3.02. The molecule has 0 bridgehead atoms. The van der Waals surface area contributed by atoms with Crippen molar-refractivity contribution < 1.29 is 9.50 Å². The molecule has 0 atom stereocenters. The third kappa shape index (κ3) is 1.43. The van der Waals surface area contributed by atoms with Gasteiger partial charge in [-0.25, -0.2) is 4.98 Å². The number of aliphatic hydroxyl groups is 1. The average molecular weight is 162 g/mol. The summed E-state index contributed by atoms with van der Waals surface area (Å²) in [6.45, 7) is -0.216. The molecule has 1 aromatic heterocycles. The zero-order chi connectivity index (χ0) is 7.56. The van der Waals surface area contributed by atoms with Gasteiger partial charge >= 0.3 is 0 Å². The van der Waals surface area contributed by atoms with Gasteiger partial charge in [0, 0.05) is 17.8 Å². The highest BCUT2D eigenvalue weighted by Crippen LogP contribution is 2.14. The summed E-state index contributed by atoms with van der Waals surface area (Å²) in [6, 6.07) is 1.06. The van der Waals surface area contributed by atoms with E-state index in [1.807, 2.05) is 0 Å². The molecule has 0 saturated heterocycles. The van der Waals surface area contributed by atoms with Gasteiger partial charge in [0.2, 0.25) is 5.95 Å². The van der Waals surface area contributed by atoms with Crippen LogP contribution in [0.3, 0.4) is 0 Å². The third-order valence-electron chi connectivity index (χ3n) is 1.07. The molecule has 0 fully saturated rings. The Labute approximate surface area is 62.3 Å². The van der Waals surface area contributed by atoms with Crippen LogP contribution in [0.1, 0.15) is 5.56 Å². The fourth-order valence-electron chi connectivity index (χ4n) is 0.552. The van der Waals surface area contributed by atoms with Crippen molar-refractivity contribution in [1.82, 2.24) is 4.98 Å². The molecular weight excluding hydrogens is 157 g/mol. The molecule has 1 heterocycles. The Morgan fingerprint density at radius 2 is 2.40 bits per heavy atom. The number of aliphatic hydroxyl groups excluding tert-OH is 1. The zero-order valence-corrected chi connectivity index (χ0v) is 5.77. The normalized spacial score (nSPS) is 9.90. The van der Waals surface area contributed by atoms with Gasteiger partial charge in [0.25, 0.3) is 0 Å². The number of hydrogen-bond acceptors (Lipinski definition) is 2. The van der Waals surface area contributed by atoms with E-state index in [0.29, 0.717) is 5.56 Å². The van der Waals surface area contributed by atoms with E-state index in [1.54, 1.807) is 0 Å². The summed E-state index contributed by atoms with van der Waals surface area (Å²) in [5.41, 5.74) is 0.433. The molecule has 0 unspecified atom stereocenters. The predicted molar refractivity (Wildman–Crippen MR) is 35.1 cm³/mol. The van der Waals surface area contributed by atoms with Crippen LogP contribution in [0.2, 0.25) is 5.02 Å². The number of pyridine rings is 1. The monoisotopic (exact) mass is 161 g/mol. The van der Waals surface area contributed by atoms with Crippen LogP contribution in [0.4, 0.5) is 4.39 Å². The molecule has 10 heavy (non-hydrogen) atoms. The van der Waals surface area contributed by atoms with Gasteiger partial charge in [0.15, 0.2) is 0 Å². The average Bonchev–Trinajstić information content (AvgIpc) is 1.88. The van der Waals surface area contributed by atoms with Crippen LogP contribution in [-0.4, -0.2) is 10.1 Å². The highest BCUT2D eigenvalue weighted by molar-refractivity contribution is 6.31. The van der Waals surface area contributed by atoms with Gasteiger partial charge in [-0.05, 0) is 0 Å². The number of rotatable bonds is 1. The maximum Gasteiger partial charge on any atom is 0.214 e. The minimum Gasteiger partial charge on any atom is -0.392 e. The van der Waals surface area contributed by atoms with Crippen molar-refractivity contribution in [2.75, 3.05) is 0 Å². The first-order valence-electron chi connectivity index (χ1n) is 2.65. The van der Waals surface area contributed by atoms with Crippen molar-refractivity contribution in [2.45, 2.75) is 6.61 Å². The summed E-state index contributed by atoms with van der Waals surface area (Å²) >= 11 is 5.49. The standard InChI is InChI=1S/C6H5ClFNO/c7-5-1-6(8)9-2-4(5)3-10/h1-2,10H,3H2. The molecule has 0 aromatic carbocycles. The second kappa shape index (κ2) is 2.94. The zero-order valence-electron chi connectivity index (χ0n) is 5.01. The van der Waals surface area contributed by atoms with E-state index in [1.165, 1.54) is 6.20 Å². The third-order valence-corrected chi connectivity index (χ3v) is 1.42. The number of hydrogen-bond donors (Lipinski definition) is 1. The molecule has 0 saturated carbocycles. The van der Waals surface area contributed by atoms with Gasteiger partial charge in [0.1, 0.15) is 0 Å². The van der Waals surface area contributed by atoms with Crippen molar-refractivity contribution in [3.63, 3.8) is 0 Å². The molecule has 0 radical (unpaired) electrons. The first-order chi connectivity index (χ1) is 4.74. The Hall–Kier alpha value is -0.670. The van der Waals surface area contributed by atoms with Crippen LogP contribution in [0.5, 0.6) is 0 Å². The Morgan fingerprint density at radius 3 is 2.90 bits per heavy atom. The maximum atomic E-state index is 12.2. The van der Waals surface area contributed by atoms with Crippen LogP contribution in [-0.2, 0) is 6.61 Å². The highest BCUT2D eigenvalue weighted by atomic mass is 35.5. The van der Waals surface area contributed by atoms with Gasteiger partial charge in [-0.2, -0.15) is 4.39 Å². The molecular formula is C6H5ClFNO. The quantitative estimate of drug-likeness (QED) is 0.631. The summed E-state index contributed by atoms with van der Waals surface area (Å²) in [5.74, 6) is -0.637. The van der Waals surface area contributed by atoms with E-state index in [4.69, 9.17) is 16.7 Å². The van der Waals surface area contributed by atoms with Crippen LogP contribution >= 0.6 is 11.6 Å². The minimum absolute atomic E-state index is 0.204. The van der Waals surface area contributed by atoms with E-state index < -0.39 is 5.95 Å². The van der Waals surface area contributed by atoms with Gasteiger partial charge in [-0.3, -0.25) is 0 Å². The molecule has 0 aliphatic carbocycles. The SMILES string of the molecule is OCc1cnc(F)cc1Cl. The Balaban J connectivity index is 3.07. The van der Waals surface area contributed by atoms with Crippen molar-refractivity contribution in [1.29, 1.82) is 0 Å². The minimum atomic E-state index is -0.637. The summed E-state index contributed by atoms with van der Waals surface area (Å²) in [7, 11) is 0. The molecule has 54 valence electrons. The number of nitrogens with zero attached hydrogens (tertiary/aromatic N) is 1. The van der Waals surface area contributed by atoms with E-state index in [2.05, 4.69) is 4.98 Å². The first kappa shape index (κ1) is 7.44. The summed E-state index contributed by atoms with van der Waals surface area (Å²) < 4.78 is 12.2. The lowest BCUT2D eigenvalue weighted by atomic mass is 10.3. The fraction of sp³-hybridized carbons (Fsp3) is 0.167. The van der Waals surface area contributed by atoms with Crippen molar-refractivity contribution in [2.24, 2.45) is 0 Å². The molecule has 1 rings (SSSR count). The van der Waals surface area contributed by atoms with E-state index in [0.717, 1.165) is 6.07 Å². The highest BCUT2D eigenvalue weighted by Gasteiger charge is 1.99. The largest absolute Gasteiger partial charge is 0.392 e. The molecule has 4 heteroatoms. The molecule has 0 aliphatic rings. The molecule has 1 N–H and O–H groups in total. The number of aromatic nitrogens is 1. The van der Waals surface area contributed by atoms with Gasteiger partial charge in [-0.15, -0.1) is 0 Å². The van der Waals surface area contributed by atoms with Crippen LogP contribution in [0.25, 0.3) is 0 Å². The van der Waals surface area contributed by atoms with Crippen LogP contribution < -0.4 is 0 Å². The second-order valence-electron chi connectivity index (χ2n) is 1.76. The van der Waals surface area contributed by atoms with Crippen molar-refractivity contribution in [3.05, 3.63) is 28.8 Å². The lowest BCUT2D eigenvalue weighted by Gasteiger charge is -1.96. The summed E-state index contributed by atoms with van der Waals surface area (Å²) in [6.07, 6.45) is 1.21. The molecule has 2 nitrogen and oxygen atoms in total. The fourth-order valence-corrected chi connectivity index (χ4v) is 0.751. The van der Waals surface area contributed by atoms with Crippen molar-refractivity contribution in [3.8, 4) is 0 Å². The maximum absolute atomic E-state index is 12.2. The van der Waals surface area contributed by atoms with E-state index in [-0.39, 0.29) is 11.6 Å². The van der Waals surface area contributed by atoms with Crippen LogP contribution in [0, 0.1) is 5.95 Å². The molecule has 0 aliphatic heterocycles. The van der Waals surface area contributed by atoms with Crippen LogP contribution in [0.15, 0.2) is 12.3 Å². The van der Waals surface area contributed by atoms with E-state index in [9.17, 15) is 4.39 Å². The Bertz CT molecular complexity index is 241. The van der Waals surface area contributed by atoms with Gasteiger partial charge in [0.05, 0.1) is 11.6 Å². The lowest BCUT2D eigenvalue weighted by molar-refractivity contribution is 0.281. The molecule has 0 amide bonds. The Morgan fingerprint density at radius 1 is 1.70 bits per heavy atom. The smallest absolute Gasteiger partial charge is 0.214 e. The second-order valence-corrected chi connectivity index (χ2v) is 2.16. The Kier molecular flexibility index (Phi) is 2.19. The topological polar surface area (TPSA) is 33.1 Å². The lowest BCUT2D eigenvalue weighted by Crippen LogP contribution is -1.89. The summed E-state index contributed by atoms with van der Waals surface area (Å²) in [5, 5.41) is 8.77. The van der Waals surface area contributed by atoms with Gasteiger partial charge < -0.3 is 5.11 Å². The van der Waals surface area contributed by atoms with Crippen molar-refractivity contribution >= 4 is 11.6 Å². The number of halogens is 2. The van der Waals surface area contributed by atoms with Gasteiger partial charge in [-0.1, -0.05) is 11.6 Å². The summed E-state index contributed by atoms with van der Waals surface area (Å²) in [4.78, 5) is 3.30. The van der Waals surface area contributed by atoms with E-state index >= 15 is 0 Å². The molecule has 0 spiro atoms. The molecule has 1 aromatic rings.